The molecule has 0 heterocycles. The third kappa shape index (κ3) is 3.92. The smallest absolute Gasteiger partial charge is 0.0898 e. The van der Waals surface area contributed by atoms with Gasteiger partial charge in [0.15, 0.2) is 8.07 Å². The molecule has 2 atom stereocenters. The van der Waals surface area contributed by atoms with Crippen molar-refractivity contribution in [2.24, 2.45) is 0 Å². The van der Waals surface area contributed by atoms with Gasteiger partial charge in [-0.1, -0.05) is 153 Å². The second-order valence-corrected chi connectivity index (χ2v) is 13.9. The topological polar surface area (TPSA) is 0 Å². The lowest BCUT2D eigenvalue weighted by Crippen LogP contribution is -2.73. The van der Waals surface area contributed by atoms with Crippen molar-refractivity contribution in [3.8, 4) is 0 Å². The summed E-state index contributed by atoms with van der Waals surface area (Å²) < 4.78 is 0.213. The van der Waals surface area contributed by atoms with Gasteiger partial charge in [0.05, 0.1) is 4.83 Å². The fourth-order valence-corrected chi connectivity index (χ4v) is 13.0. The zero-order valence-electron chi connectivity index (χ0n) is 16.0. The number of benzene rings is 4. The minimum Gasteiger partial charge on any atom is -0.0898 e. The van der Waals surface area contributed by atoms with Gasteiger partial charge in [0.1, 0.15) is 0 Å². The third-order valence-electron chi connectivity index (χ3n) is 5.48. The molecule has 0 saturated carbocycles. The van der Waals surface area contributed by atoms with Crippen LogP contribution >= 0.6 is 31.9 Å². The summed E-state index contributed by atoms with van der Waals surface area (Å²) in [6, 6.07) is 43.8. The lowest BCUT2D eigenvalue weighted by molar-refractivity contribution is 1.07. The minimum atomic E-state index is -2.40. The van der Waals surface area contributed by atoms with Gasteiger partial charge in [-0.2, -0.15) is 0 Å². The van der Waals surface area contributed by atoms with Crippen molar-refractivity contribution in [1.29, 1.82) is 0 Å². The summed E-state index contributed by atoms with van der Waals surface area (Å²) >= 11 is 8.30. The number of hydrogen-bond acceptors (Lipinski definition) is 0. The highest BCUT2D eigenvalue weighted by atomic mass is 79.9. The molecule has 0 nitrogen and oxygen atoms in total. The van der Waals surface area contributed by atoms with Crippen LogP contribution in [-0.4, -0.2) is 12.5 Å². The van der Waals surface area contributed by atoms with E-state index in [2.05, 4.69) is 153 Å². The van der Waals surface area contributed by atoms with Crippen LogP contribution in [0.15, 0.2) is 121 Å². The Balaban J connectivity index is 2.00. The fraction of sp³-hybridized carbons (Fsp3) is 0.0769. The predicted octanol–water partition coefficient (Wildman–Crippen LogP) is 5.60. The summed E-state index contributed by atoms with van der Waals surface area (Å²) in [6.07, 6.45) is 0. The van der Waals surface area contributed by atoms with E-state index in [1.165, 1.54) is 21.1 Å². The fourth-order valence-electron chi connectivity index (χ4n) is 4.11. The van der Waals surface area contributed by atoms with Crippen LogP contribution in [0.5, 0.6) is 0 Å². The number of alkyl halides is 2. The van der Waals surface area contributed by atoms with Crippen molar-refractivity contribution in [2.75, 3.05) is 0 Å². The molecule has 3 heteroatoms. The Morgan fingerprint density at radius 2 is 0.759 bits per heavy atom. The number of rotatable bonds is 6. The molecule has 0 fully saturated rings. The molecule has 0 aliphatic rings. The summed E-state index contributed by atoms with van der Waals surface area (Å²) in [6.45, 7) is 0. The van der Waals surface area contributed by atoms with Crippen LogP contribution in [0, 0.1) is 0 Å². The Kier molecular flexibility index (Phi) is 6.49. The van der Waals surface area contributed by atoms with Crippen molar-refractivity contribution in [1.82, 2.24) is 0 Å². The third-order valence-corrected chi connectivity index (χ3v) is 15.2. The maximum atomic E-state index is 4.23. The molecule has 0 N–H and O–H groups in total. The van der Waals surface area contributed by atoms with Crippen LogP contribution in [0.1, 0.15) is 10.4 Å². The van der Waals surface area contributed by atoms with Gasteiger partial charge >= 0.3 is 0 Å². The van der Waals surface area contributed by atoms with Crippen LogP contribution in [-0.2, 0) is 0 Å². The van der Waals surface area contributed by atoms with E-state index >= 15 is 0 Å². The zero-order valence-corrected chi connectivity index (χ0v) is 20.1. The summed E-state index contributed by atoms with van der Waals surface area (Å²) in [4.78, 5) is 0.177. The van der Waals surface area contributed by atoms with Crippen LogP contribution in [0.2, 0.25) is 0 Å². The molecule has 0 bridgehead atoms. The molecule has 0 amide bonds. The SMILES string of the molecule is Br[C@H]([C@@H](Br)c1ccccc1)[Si](c1ccccc1)(c1ccccc1)c1ccccc1. The molecule has 0 radical (unpaired) electrons. The maximum Gasteiger partial charge on any atom is 0.163 e. The second kappa shape index (κ2) is 9.25. The van der Waals surface area contributed by atoms with Crippen molar-refractivity contribution in [2.45, 2.75) is 9.28 Å². The lowest BCUT2D eigenvalue weighted by atomic mass is 10.2. The van der Waals surface area contributed by atoms with Gasteiger partial charge in [-0.25, -0.2) is 0 Å². The molecular formula is C26H22Br2Si. The molecule has 144 valence electrons. The first-order valence-corrected chi connectivity index (χ1v) is 13.6. The Labute approximate surface area is 190 Å². The molecular weight excluding hydrogens is 500 g/mol. The summed E-state index contributed by atoms with van der Waals surface area (Å²) in [5.41, 5.74) is 1.29. The van der Waals surface area contributed by atoms with Gasteiger partial charge in [-0.05, 0) is 21.1 Å². The van der Waals surface area contributed by atoms with Gasteiger partial charge in [0.2, 0.25) is 0 Å². The second-order valence-electron chi connectivity index (χ2n) is 7.12. The average Bonchev–Trinajstić information content (AvgIpc) is 2.82. The van der Waals surface area contributed by atoms with Crippen molar-refractivity contribution in [3.63, 3.8) is 0 Å². The first-order chi connectivity index (χ1) is 14.2. The molecule has 0 aliphatic carbocycles. The quantitative estimate of drug-likeness (QED) is 0.176. The van der Waals surface area contributed by atoms with Crippen molar-refractivity contribution in [3.05, 3.63) is 127 Å². The molecule has 4 rings (SSSR count). The van der Waals surface area contributed by atoms with Crippen LogP contribution in [0.4, 0.5) is 0 Å². The zero-order chi connectivity index (χ0) is 20.1. The highest BCUT2D eigenvalue weighted by Crippen LogP contribution is 2.36. The molecule has 0 saturated heterocycles. The first-order valence-electron chi connectivity index (χ1n) is 9.74. The Morgan fingerprint density at radius 1 is 0.448 bits per heavy atom. The molecule has 0 unspecified atom stereocenters. The maximum absolute atomic E-state index is 4.23. The van der Waals surface area contributed by atoms with E-state index in [4.69, 9.17) is 0 Å². The van der Waals surface area contributed by atoms with E-state index < -0.39 is 8.07 Å². The predicted molar refractivity (Wildman–Crippen MR) is 135 cm³/mol. The average molecular weight is 522 g/mol. The lowest BCUT2D eigenvalue weighted by Gasteiger charge is -2.40. The van der Waals surface area contributed by atoms with Gasteiger partial charge < -0.3 is 0 Å². The summed E-state index contributed by atoms with van der Waals surface area (Å²) in [5.74, 6) is 0. The molecule has 4 aromatic rings. The van der Waals surface area contributed by atoms with Gasteiger partial charge in [-0.3, -0.25) is 0 Å². The molecule has 0 spiro atoms. The minimum absolute atomic E-state index is 0.177. The van der Waals surface area contributed by atoms with E-state index in [1.807, 2.05) is 0 Å². The highest BCUT2D eigenvalue weighted by Gasteiger charge is 2.48. The molecule has 4 aromatic carbocycles. The van der Waals surface area contributed by atoms with Crippen LogP contribution in [0.3, 0.4) is 0 Å². The van der Waals surface area contributed by atoms with E-state index in [0.29, 0.717) is 0 Å². The normalized spacial score (nSPS) is 13.6. The van der Waals surface area contributed by atoms with Gasteiger partial charge in [0, 0.05) is 4.45 Å². The Bertz CT molecular complexity index is 925. The van der Waals surface area contributed by atoms with Crippen LogP contribution in [0.25, 0.3) is 0 Å². The first kappa shape index (κ1) is 20.3. The van der Waals surface area contributed by atoms with E-state index in [1.54, 1.807) is 0 Å². The highest BCUT2D eigenvalue weighted by molar-refractivity contribution is 9.12. The van der Waals surface area contributed by atoms with Gasteiger partial charge in [0.25, 0.3) is 0 Å². The van der Waals surface area contributed by atoms with Crippen molar-refractivity contribution >= 4 is 55.5 Å². The summed E-state index contributed by atoms with van der Waals surface area (Å²) in [5, 5.41) is 4.21. The number of halogens is 2. The van der Waals surface area contributed by atoms with E-state index in [0.717, 1.165) is 0 Å². The van der Waals surface area contributed by atoms with E-state index in [9.17, 15) is 0 Å². The van der Waals surface area contributed by atoms with Gasteiger partial charge in [-0.15, -0.1) is 0 Å². The molecule has 29 heavy (non-hydrogen) atoms. The largest absolute Gasteiger partial charge is 0.163 e. The molecule has 0 aliphatic heterocycles. The Hall–Kier alpha value is -1.94. The Morgan fingerprint density at radius 3 is 1.10 bits per heavy atom. The molecule has 0 aromatic heterocycles. The van der Waals surface area contributed by atoms with E-state index in [-0.39, 0.29) is 9.28 Å². The standard InChI is InChI=1S/C26H22Br2Si/c27-25(21-13-5-1-6-14-21)26(28)29(22-15-7-2-8-16-22,23-17-9-3-10-18-23)24-19-11-4-12-20-24/h1-20,25-26H/t25-,26-/m0/s1. The monoisotopic (exact) mass is 520 g/mol. The van der Waals surface area contributed by atoms with Crippen LogP contribution < -0.4 is 15.6 Å². The summed E-state index contributed by atoms with van der Waals surface area (Å²) in [7, 11) is -2.40. The van der Waals surface area contributed by atoms with Crippen molar-refractivity contribution < 1.29 is 0 Å². The number of hydrogen-bond donors (Lipinski definition) is 0.